The second-order valence-corrected chi connectivity index (χ2v) is 7.74. The summed E-state index contributed by atoms with van der Waals surface area (Å²) in [5.74, 6) is -1.45. The van der Waals surface area contributed by atoms with Gasteiger partial charge in [-0.3, -0.25) is 4.79 Å². The summed E-state index contributed by atoms with van der Waals surface area (Å²) in [7, 11) is 0. The van der Waals surface area contributed by atoms with Gasteiger partial charge in [0.15, 0.2) is 0 Å². The van der Waals surface area contributed by atoms with Crippen LogP contribution in [-0.2, 0) is 11.2 Å². The number of likely N-dealkylation sites (tertiary alicyclic amines) is 1. The Morgan fingerprint density at radius 1 is 1.06 bits per heavy atom. The van der Waals surface area contributed by atoms with Crippen molar-refractivity contribution < 1.29 is 28.2 Å². The molecule has 1 aliphatic rings. The van der Waals surface area contributed by atoms with E-state index in [1.807, 2.05) is 0 Å². The van der Waals surface area contributed by atoms with E-state index >= 15 is 0 Å². The first-order chi connectivity index (χ1) is 15.4. The largest absolute Gasteiger partial charge is 0.490 e. The molecule has 6 nitrogen and oxygen atoms in total. The van der Waals surface area contributed by atoms with Crippen LogP contribution in [0.2, 0.25) is 0 Å². The SMILES string of the molecule is O=C(O)Cc1cc(OC2CCN(C(=O)Nc3ccccc3F)CC2)c2cc(F)ccc2c1. The molecule has 3 aromatic carbocycles. The zero-order valence-corrected chi connectivity index (χ0v) is 17.2. The predicted molar refractivity (Wildman–Crippen MR) is 116 cm³/mol. The molecule has 0 bridgehead atoms. The van der Waals surface area contributed by atoms with Gasteiger partial charge in [-0.05, 0) is 41.3 Å². The van der Waals surface area contributed by atoms with Crippen molar-refractivity contribution in [1.29, 1.82) is 0 Å². The van der Waals surface area contributed by atoms with Crippen LogP contribution in [0.3, 0.4) is 0 Å². The summed E-state index contributed by atoms with van der Waals surface area (Å²) in [6.45, 7) is 0.818. The Labute approximate surface area is 183 Å². The molecule has 0 saturated carbocycles. The quantitative estimate of drug-likeness (QED) is 0.596. The van der Waals surface area contributed by atoms with Crippen LogP contribution in [0.15, 0.2) is 54.6 Å². The van der Waals surface area contributed by atoms with Crippen LogP contribution in [0.25, 0.3) is 10.8 Å². The van der Waals surface area contributed by atoms with E-state index in [0.29, 0.717) is 48.0 Å². The smallest absolute Gasteiger partial charge is 0.321 e. The maximum atomic E-state index is 13.8. The molecule has 0 aliphatic carbocycles. The Hall–Kier alpha value is -3.68. The Kier molecular flexibility index (Phi) is 6.20. The lowest BCUT2D eigenvalue weighted by atomic mass is 10.0. The van der Waals surface area contributed by atoms with Crippen LogP contribution >= 0.6 is 0 Å². The fourth-order valence-electron chi connectivity index (χ4n) is 3.84. The predicted octanol–water partition coefficient (Wildman–Crippen LogP) is 4.82. The van der Waals surface area contributed by atoms with Crippen LogP contribution < -0.4 is 10.1 Å². The van der Waals surface area contributed by atoms with Crippen molar-refractivity contribution in [3.8, 4) is 5.75 Å². The number of carboxylic acids is 1. The number of carbonyl (C=O) groups excluding carboxylic acids is 1. The highest BCUT2D eigenvalue weighted by atomic mass is 19.1. The van der Waals surface area contributed by atoms with Crippen molar-refractivity contribution in [3.05, 3.63) is 71.8 Å². The van der Waals surface area contributed by atoms with E-state index in [9.17, 15) is 18.4 Å². The minimum absolute atomic E-state index is 0.125. The number of halogens is 2. The number of carboxylic acid groups (broad SMARTS) is 1. The van der Waals surface area contributed by atoms with Crippen molar-refractivity contribution in [2.24, 2.45) is 0 Å². The summed E-state index contributed by atoms with van der Waals surface area (Å²) in [6, 6.07) is 13.2. The normalized spacial score (nSPS) is 14.4. The van der Waals surface area contributed by atoms with Crippen molar-refractivity contribution >= 4 is 28.5 Å². The lowest BCUT2D eigenvalue weighted by Crippen LogP contribution is -2.43. The number of amides is 2. The molecule has 1 aliphatic heterocycles. The standard InChI is InChI=1S/C24H22F2N2O4/c25-17-6-5-16-11-15(13-23(29)30)12-22(19(16)14-17)32-18-7-9-28(10-8-18)24(31)27-21-4-2-1-3-20(21)26/h1-6,11-12,14,18H,7-10,13H2,(H,27,31)(H,29,30). The third kappa shape index (κ3) is 4.96. The molecule has 1 fully saturated rings. The number of anilines is 1. The molecule has 2 N–H and O–H groups in total. The summed E-state index contributed by atoms with van der Waals surface area (Å²) in [5, 5.41) is 13.0. The maximum Gasteiger partial charge on any atom is 0.321 e. The molecule has 32 heavy (non-hydrogen) atoms. The number of nitrogens with zero attached hydrogens (tertiary/aromatic N) is 1. The maximum absolute atomic E-state index is 13.8. The average molecular weight is 440 g/mol. The molecule has 0 spiro atoms. The van der Waals surface area contributed by atoms with Crippen molar-refractivity contribution in [2.45, 2.75) is 25.4 Å². The molecule has 166 valence electrons. The molecule has 0 aromatic heterocycles. The Morgan fingerprint density at radius 2 is 1.81 bits per heavy atom. The second kappa shape index (κ2) is 9.21. The van der Waals surface area contributed by atoms with E-state index in [4.69, 9.17) is 9.84 Å². The van der Waals surface area contributed by atoms with Crippen LogP contribution in [0.4, 0.5) is 19.3 Å². The van der Waals surface area contributed by atoms with Crippen molar-refractivity contribution in [1.82, 2.24) is 4.90 Å². The number of urea groups is 1. The number of ether oxygens (including phenoxy) is 1. The highest BCUT2D eigenvalue weighted by Crippen LogP contribution is 2.31. The molecule has 0 atom stereocenters. The van der Waals surface area contributed by atoms with E-state index in [-0.39, 0.29) is 24.2 Å². The molecule has 8 heteroatoms. The molecule has 1 heterocycles. The minimum Gasteiger partial charge on any atom is -0.490 e. The van der Waals surface area contributed by atoms with Crippen LogP contribution in [0.1, 0.15) is 18.4 Å². The third-order valence-corrected chi connectivity index (χ3v) is 5.43. The molecule has 2 amide bonds. The van der Waals surface area contributed by atoms with Gasteiger partial charge in [0.05, 0.1) is 12.1 Å². The summed E-state index contributed by atoms with van der Waals surface area (Å²) in [6.07, 6.45) is 0.673. The third-order valence-electron chi connectivity index (χ3n) is 5.43. The van der Waals surface area contributed by atoms with Gasteiger partial charge < -0.3 is 20.1 Å². The minimum atomic E-state index is -0.966. The molecular weight excluding hydrogens is 418 g/mol. The number of fused-ring (bicyclic) bond motifs is 1. The topological polar surface area (TPSA) is 78.9 Å². The van der Waals surface area contributed by atoms with E-state index in [1.54, 1.807) is 35.2 Å². The number of rotatable bonds is 5. The summed E-state index contributed by atoms with van der Waals surface area (Å²) in [4.78, 5) is 25.2. The number of nitrogens with one attached hydrogen (secondary N) is 1. The zero-order valence-electron chi connectivity index (χ0n) is 17.2. The summed E-state index contributed by atoms with van der Waals surface area (Å²) < 4.78 is 33.7. The number of piperidine rings is 1. The number of hydrogen-bond donors (Lipinski definition) is 2. The Balaban J connectivity index is 1.44. The number of para-hydroxylation sites is 1. The molecule has 1 saturated heterocycles. The van der Waals surface area contributed by atoms with Gasteiger partial charge >= 0.3 is 12.0 Å². The average Bonchev–Trinajstić information content (AvgIpc) is 2.76. The zero-order chi connectivity index (χ0) is 22.7. The first-order valence-corrected chi connectivity index (χ1v) is 10.3. The monoisotopic (exact) mass is 440 g/mol. The summed E-state index contributed by atoms with van der Waals surface area (Å²) in [5.41, 5.74) is 0.688. The first-order valence-electron chi connectivity index (χ1n) is 10.3. The first kappa shape index (κ1) is 21.5. The lowest BCUT2D eigenvalue weighted by Gasteiger charge is -2.32. The van der Waals surface area contributed by atoms with Crippen LogP contribution in [0, 0.1) is 11.6 Å². The Bertz CT molecular complexity index is 1160. The van der Waals surface area contributed by atoms with Gasteiger partial charge in [-0.25, -0.2) is 13.6 Å². The number of carbonyl (C=O) groups is 2. The van der Waals surface area contributed by atoms with Gasteiger partial charge in [-0.1, -0.05) is 24.3 Å². The molecule has 3 aromatic rings. The highest BCUT2D eigenvalue weighted by molar-refractivity contribution is 5.90. The van der Waals surface area contributed by atoms with Gasteiger partial charge in [0.1, 0.15) is 23.5 Å². The number of benzene rings is 3. The fraction of sp³-hybridized carbons (Fsp3) is 0.250. The summed E-state index contributed by atoms with van der Waals surface area (Å²) >= 11 is 0. The lowest BCUT2D eigenvalue weighted by molar-refractivity contribution is -0.136. The van der Waals surface area contributed by atoms with E-state index < -0.39 is 17.6 Å². The molecule has 0 unspecified atom stereocenters. The molecule has 4 rings (SSSR count). The number of aliphatic carboxylic acids is 1. The second-order valence-electron chi connectivity index (χ2n) is 7.74. The van der Waals surface area contributed by atoms with Gasteiger partial charge in [0, 0.05) is 31.3 Å². The van der Waals surface area contributed by atoms with Gasteiger partial charge in [-0.15, -0.1) is 0 Å². The number of hydrogen-bond acceptors (Lipinski definition) is 3. The molecular formula is C24H22F2N2O4. The Morgan fingerprint density at radius 3 is 2.53 bits per heavy atom. The fourth-order valence-corrected chi connectivity index (χ4v) is 3.84. The van der Waals surface area contributed by atoms with Crippen LogP contribution in [0.5, 0.6) is 5.75 Å². The van der Waals surface area contributed by atoms with E-state index in [1.165, 1.54) is 24.3 Å². The van der Waals surface area contributed by atoms with Gasteiger partial charge in [0.2, 0.25) is 0 Å². The highest BCUT2D eigenvalue weighted by Gasteiger charge is 2.25. The van der Waals surface area contributed by atoms with E-state index in [0.717, 1.165) is 0 Å². The van der Waals surface area contributed by atoms with Crippen molar-refractivity contribution in [3.63, 3.8) is 0 Å². The van der Waals surface area contributed by atoms with Crippen LogP contribution in [-0.4, -0.2) is 41.2 Å². The van der Waals surface area contributed by atoms with Gasteiger partial charge in [-0.2, -0.15) is 0 Å². The van der Waals surface area contributed by atoms with Crippen molar-refractivity contribution in [2.75, 3.05) is 18.4 Å². The molecule has 0 radical (unpaired) electrons. The van der Waals surface area contributed by atoms with E-state index in [2.05, 4.69) is 5.32 Å². The van der Waals surface area contributed by atoms with Gasteiger partial charge in [0.25, 0.3) is 0 Å².